The van der Waals surface area contributed by atoms with Crippen LogP contribution in [0.4, 0.5) is 10.8 Å². The number of thiazole rings is 1. The molecule has 13 heteroatoms. The second-order valence-corrected chi connectivity index (χ2v) is 12.7. The molecule has 0 aliphatic rings. The molecule has 0 radical (unpaired) electrons. The van der Waals surface area contributed by atoms with Crippen LogP contribution in [0.25, 0.3) is 41.6 Å². The van der Waals surface area contributed by atoms with E-state index in [1.165, 1.54) is 33.2 Å². The molecule has 0 saturated heterocycles. The molecule has 2 amide bonds. The number of carbonyl (C=O) groups excluding carboxylic acids is 2. The summed E-state index contributed by atoms with van der Waals surface area (Å²) in [5.41, 5.74) is 3.31. The van der Waals surface area contributed by atoms with Crippen LogP contribution in [0, 0.1) is 0 Å². The summed E-state index contributed by atoms with van der Waals surface area (Å²) in [7, 11) is 0. The number of hydrogen-bond donors (Lipinski definition) is 2. The summed E-state index contributed by atoms with van der Waals surface area (Å²) in [5, 5.41) is 16.5. The number of fused-ring (bicyclic) bond motifs is 3. The molecule has 218 valence electrons. The summed E-state index contributed by atoms with van der Waals surface area (Å²) in [4.78, 5) is 34.0. The molecule has 2 N–H and O–H groups in total. The summed E-state index contributed by atoms with van der Waals surface area (Å²) >= 11 is 4.19. The van der Waals surface area contributed by atoms with Crippen LogP contribution in [-0.4, -0.2) is 37.7 Å². The first-order chi connectivity index (χ1) is 21.5. The molecule has 7 aromatic rings. The van der Waals surface area contributed by atoms with Gasteiger partial charge in [-0.3, -0.25) is 14.6 Å². The van der Waals surface area contributed by atoms with Crippen molar-refractivity contribution >= 4 is 88.3 Å². The number of rotatable bonds is 9. The van der Waals surface area contributed by atoms with E-state index in [0.717, 1.165) is 38.4 Å². The Morgan fingerprint density at radius 2 is 1.82 bits per heavy atom. The molecule has 0 unspecified atom stereocenters. The predicted molar refractivity (Wildman–Crippen MR) is 174 cm³/mol. The van der Waals surface area contributed by atoms with Gasteiger partial charge < -0.3 is 19.8 Å². The minimum absolute atomic E-state index is 0.0606. The number of pyridine rings is 1. The molecule has 3 aromatic carbocycles. The molecule has 4 aromatic heterocycles. The number of nitrogens with zero attached hydrogens (tertiary/aromatic N) is 4. The zero-order chi connectivity index (χ0) is 30.0. The first-order valence-corrected chi connectivity index (χ1v) is 16.0. The molecule has 0 spiro atoms. The molecule has 0 aliphatic carbocycles. The Labute approximate surface area is 262 Å². The van der Waals surface area contributed by atoms with Crippen molar-refractivity contribution in [2.24, 2.45) is 0 Å². The zero-order valence-corrected chi connectivity index (χ0v) is 25.5. The molecule has 0 saturated carbocycles. The normalized spacial score (nSPS) is 11.3. The minimum atomic E-state index is -0.259. The second-order valence-electron chi connectivity index (χ2n) is 9.66. The van der Waals surface area contributed by atoms with Gasteiger partial charge in [-0.1, -0.05) is 47.4 Å². The van der Waals surface area contributed by atoms with E-state index >= 15 is 0 Å². The van der Waals surface area contributed by atoms with E-state index in [1.807, 2.05) is 30.3 Å². The van der Waals surface area contributed by atoms with Crippen LogP contribution in [0.15, 0.2) is 88.6 Å². The highest BCUT2D eigenvalue weighted by atomic mass is 32.2. The largest absolute Gasteiger partial charge is 0.483 e. The van der Waals surface area contributed by atoms with Gasteiger partial charge in [0.1, 0.15) is 5.75 Å². The molecule has 7 rings (SSSR count). The molecule has 10 nitrogen and oxygen atoms in total. The number of hydrogen-bond acceptors (Lipinski definition) is 11. The number of amides is 2. The Kier molecular flexibility index (Phi) is 7.64. The van der Waals surface area contributed by atoms with E-state index in [1.54, 1.807) is 29.7 Å². The average Bonchev–Trinajstić information content (AvgIpc) is 3.76. The third kappa shape index (κ3) is 6.11. The van der Waals surface area contributed by atoms with Gasteiger partial charge in [-0.2, -0.15) is 0 Å². The highest BCUT2D eigenvalue weighted by Gasteiger charge is 2.14. The van der Waals surface area contributed by atoms with E-state index in [2.05, 4.69) is 61.1 Å². The third-order valence-electron chi connectivity index (χ3n) is 6.49. The molecule has 0 aliphatic heterocycles. The topological polar surface area (TPSA) is 132 Å². The number of aromatic nitrogens is 4. The zero-order valence-electron chi connectivity index (χ0n) is 23.1. The molecule has 0 atom stereocenters. The van der Waals surface area contributed by atoms with Gasteiger partial charge in [-0.05, 0) is 59.5 Å². The lowest BCUT2D eigenvalue weighted by atomic mass is 10.1. The van der Waals surface area contributed by atoms with Crippen molar-refractivity contribution in [1.29, 1.82) is 0 Å². The summed E-state index contributed by atoms with van der Waals surface area (Å²) in [6, 6.07) is 23.9. The third-order valence-corrected chi connectivity index (χ3v) is 9.41. The molecule has 4 heterocycles. The van der Waals surface area contributed by atoms with E-state index in [0.29, 0.717) is 22.5 Å². The Balaban J connectivity index is 0.973. The Morgan fingerprint density at radius 3 is 2.70 bits per heavy atom. The fourth-order valence-electron chi connectivity index (χ4n) is 4.56. The van der Waals surface area contributed by atoms with Crippen LogP contribution in [0.5, 0.6) is 5.75 Å². The van der Waals surface area contributed by atoms with E-state index in [4.69, 9.17) is 9.15 Å². The maximum absolute atomic E-state index is 12.6. The monoisotopic (exact) mass is 638 g/mol. The van der Waals surface area contributed by atoms with Gasteiger partial charge in [0.25, 0.3) is 11.1 Å². The van der Waals surface area contributed by atoms with Crippen molar-refractivity contribution in [2.45, 2.75) is 18.8 Å². The summed E-state index contributed by atoms with van der Waals surface area (Å²) in [6.07, 6.45) is 1.71. The number of ether oxygens (including phenoxy) is 1. The standard InChI is InChI=1S/C31H22N6O4S3/c1-17(38)33-20-7-9-23-27(14-20)44-30(34-23)35-28(39)16-42-31-37-36-29(41-31)15-40-24-10-11-32-22-8-6-19(12-21(22)24)26-13-18-4-2-3-5-25(18)43-26/h2-14H,15-16H2,1H3,(H,33,38)(H,34,35,39). The van der Waals surface area contributed by atoms with Crippen LogP contribution in [-0.2, 0) is 16.2 Å². The van der Waals surface area contributed by atoms with Crippen LogP contribution in [0.3, 0.4) is 0 Å². The lowest BCUT2D eigenvalue weighted by molar-refractivity contribution is -0.114. The highest BCUT2D eigenvalue weighted by molar-refractivity contribution is 7.99. The summed E-state index contributed by atoms with van der Waals surface area (Å²) in [6.45, 7) is 1.52. The van der Waals surface area contributed by atoms with Gasteiger partial charge >= 0.3 is 0 Å². The fraction of sp³-hybridized carbons (Fsp3) is 0.0968. The first kappa shape index (κ1) is 28.0. The number of thiophene rings is 1. The average molecular weight is 639 g/mol. The maximum atomic E-state index is 12.6. The van der Waals surface area contributed by atoms with Gasteiger partial charge in [-0.15, -0.1) is 21.5 Å². The van der Waals surface area contributed by atoms with Crippen molar-refractivity contribution < 1.29 is 18.7 Å². The van der Waals surface area contributed by atoms with Gasteiger partial charge in [0, 0.05) is 33.8 Å². The first-order valence-electron chi connectivity index (χ1n) is 13.4. The quantitative estimate of drug-likeness (QED) is 0.155. The number of thioether (sulfide) groups is 1. The van der Waals surface area contributed by atoms with Gasteiger partial charge in [0.2, 0.25) is 11.8 Å². The minimum Gasteiger partial charge on any atom is -0.483 e. The van der Waals surface area contributed by atoms with Crippen molar-refractivity contribution in [2.75, 3.05) is 16.4 Å². The fourth-order valence-corrected chi connectivity index (χ4v) is 7.12. The van der Waals surface area contributed by atoms with Crippen molar-refractivity contribution in [1.82, 2.24) is 20.2 Å². The van der Waals surface area contributed by atoms with Crippen LogP contribution < -0.4 is 15.4 Å². The van der Waals surface area contributed by atoms with E-state index in [9.17, 15) is 9.59 Å². The number of carbonyl (C=O) groups is 2. The van der Waals surface area contributed by atoms with Crippen molar-refractivity contribution in [3.8, 4) is 16.2 Å². The lowest BCUT2D eigenvalue weighted by Gasteiger charge is -2.08. The highest BCUT2D eigenvalue weighted by Crippen LogP contribution is 2.36. The number of nitrogens with one attached hydrogen (secondary N) is 2. The van der Waals surface area contributed by atoms with Crippen molar-refractivity contribution in [3.63, 3.8) is 0 Å². The van der Waals surface area contributed by atoms with E-state index < -0.39 is 0 Å². The second kappa shape index (κ2) is 12.0. The van der Waals surface area contributed by atoms with Crippen LogP contribution in [0.1, 0.15) is 12.8 Å². The smallest absolute Gasteiger partial charge is 0.277 e. The summed E-state index contributed by atoms with van der Waals surface area (Å²) < 4.78 is 13.9. The van der Waals surface area contributed by atoms with Gasteiger partial charge in [0.05, 0.1) is 21.5 Å². The van der Waals surface area contributed by atoms with Crippen molar-refractivity contribution in [3.05, 3.63) is 84.9 Å². The van der Waals surface area contributed by atoms with Gasteiger partial charge in [0.15, 0.2) is 11.7 Å². The molecular formula is C31H22N6O4S3. The Bertz CT molecular complexity index is 2140. The lowest BCUT2D eigenvalue weighted by Crippen LogP contribution is -2.13. The van der Waals surface area contributed by atoms with Gasteiger partial charge in [-0.25, -0.2) is 4.98 Å². The molecule has 44 heavy (non-hydrogen) atoms. The number of anilines is 2. The molecule has 0 bridgehead atoms. The van der Waals surface area contributed by atoms with Crippen LogP contribution >= 0.6 is 34.4 Å². The Morgan fingerprint density at radius 1 is 0.932 bits per heavy atom. The maximum Gasteiger partial charge on any atom is 0.277 e. The summed E-state index contributed by atoms with van der Waals surface area (Å²) in [5.74, 6) is 0.595. The molecule has 0 fully saturated rings. The van der Waals surface area contributed by atoms with Crippen LogP contribution in [0.2, 0.25) is 0 Å². The SMILES string of the molecule is CC(=O)Nc1ccc2nc(NC(=O)CSc3nnc(COc4ccnc5ccc(-c6cc7ccccc7s6)cc45)o3)sc2c1. The number of benzene rings is 3. The van der Waals surface area contributed by atoms with E-state index in [-0.39, 0.29) is 29.4 Å². The predicted octanol–water partition coefficient (Wildman–Crippen LogP) is 7.38. The molecular weight excluding hydrogens is 617 g/mol. The Hall–Kier alpha value is -4.85.